The van der Waals surface area contributed by atoms with Crippen molar-refractivity contribution in [3.63, 3.8) is 0 Å². The lowest BCUT2D eigenvalue weighted by Gasteiger charge is -1.92. The number of thioether (sulfide) groups is 1. The van der Waals surface area contributed by atoms with E-state index in [1.165, 1.54) is 11.8 Å². The van der Waals surface area contributed by atoms with Crippen LogP contribution in [0.2, 0.25) is 0 Å². The highest BCUT2D eigenvalue weighted by Gasteiger charge is 1.91. The summed E-state index contributed by atoms with van der Waals surface area (Å²) in [6.45, 7) is 1.55. The summed E-state index contributed by atoms with van der Waals surface area (Å²) in [5, 5.41) is 0.122. The zero-order valence-corrected chi connectivity index (χ0v) is 10.0. The van der Waals surface area contributed by atoms with Gasteiger partial charge in [-0.25, -0.2) is 4.98 Å². The molecule has 0 bridgehead atoms. The quantitative estimate of drug-likeness (QED) is 0.848. The van der Waals surface area contributed by atoms with Gasteiger partial charge in [-0.15, -0.1) is 0 Å². The average Bonchev–Trinajstić information content (AvgIpc) is 2.15. The summed E-state index contributed by atoms with van der Waals surface area (Å²) >= 11 is 4.47. The fraction of sp³-hybridized carbons (Fsp3) is 0.222. The largest absolute Gasteiger partial charge is 0.288 e. The monoisotopic (exact) mass is 272 g/mol. The lowest BCUT2D eigenvalue weighted by molar-refractivity contribution is -0.109. The van der Waals surface area contributed by atoms with E-state index in [2.05, 4.69) is 25.9 Å². The van der Waals surface area contributed by atoms with E-state index >= 15 is 0 Å². The maximum atomic E-state index is 10.6. The molecule has 0 unspecified atom stereocenters. The minimum absolute atomic E-state index is 0.122. The molecule has 1 aromatic heterocycles. The van der Waals surface area contributed by atoms with Crippen LogP contribution in [-0.4, -0.2) is 20.8 Å². The Morgan fingerprint density at radius 1 is 1.57 bits per heavy atom. The van der Waals surface area contributed by atoms with Gasteiger partial charge >= 0.3 is 0 Å². The number of aromatic nitrogens is 2. The summed E-state index contributed by atoms with van der Waals surface area (Å²) < 4.78 is 0.716. The van der Waals surface area contributed by atoms with E-state index < -0.39 is 0 Å². The van der Waals surface area contributed by atoms with Gasteiger partial charge in [0, 0.05) is 12.7 Å². The Hall–Kier alpha value is -0.680. The lowest BCUT2D eigenvalue weighted by Crippen LogP contribution is -1.84. The van der Waals surface area contributed by atoms with Gasteiger partial charge < -0.3 is 0 Å². The summed E-state index contributed by atoms with van der Waals surface area (Å²) in [4.78, 5) is 18.7. The summed E-state index contributed by atoms with van der Waals surface area (Å²) in [7, 11) is 0. The smallest absolute Gasteiger partial charge is 0.186 e. The highest BCUT2D eigenvalue weighted by Crippen LogP contribution is 2.05. The first-order valence-electron chi connectivity index (χ1n) is 3.96. The number of hydrogen-bond donors (Lipinski definition) is 0. The van der Waals surface area contributed by atoms with Crippen LogP contribution in [0.25, 0.3) is 6.08 Å². The van der Waals surface area contributed by atoms with Crippen molar-refractivity contribution in [2.75, 3.05) is 5.75 Å². The minimum atomic E-state index is 0.122. The van der Waals surface area contributed by atoms with E-state index in [1.54, 1.807) is 19.3 Å². The summed E-state index contributed by atoms with van der Waals surface area (Å²) in [6, 6.07) is 0. The first-order chi connectivity index (χ1) is 6.68. The van der Waals surface area contributed by atoms with Crippen LogP contribution in [0.4, 0.5) is 0 Å². The van der Waals surface area contributed by atoms with Crippen molar-refractivity contribution in [2.24, 2.45) is 0 Å². The summed E-state index contributed by atoms with van der Waals surface area (Å²) in [5.41, 5.74) is 0.789. The Balaban J connectivity index is 2.44. The minimum Gasteiger partial charge on any atom is -0.288 e. The van der Waals surface area contributed by atoms with Gasteiger partial charge in [0.15, 0.2) is 5.12 Å². The molecule has 5 heteroatoms. The predicted octanol–water partition coefficient (Wildman–Crippen LogP) is 2.53. The molecular weight excluding hydrogens is 264 g/mol. The Labute approximate surface area is 95.2 Å². The SMILES string of the molecule is CC(=O)SCC=Cc1cnc(Br)cn1. The molecule has 0 radical (unpaired) electrons. The topological polar surface area (TPSA) is 42.9 Å². The van der Waals surface area contributed by atoms with Crippen molar-refractivity contribution in [1.29, 1.82) is 0 Å². The van der Waals surface area contributed by atoms with Crippen LogP contribution in [0.3, 0.4) is 0 Å². The number of halogens is 1. The van der Waals surface area contributed by atoms with Crippen LogP contribution in [-0.2, 0) is 4.79 Å². The summed E-state index contributed by atoms with van der Waals surface area (Å²) in [5.74, 6) is 0.674. The predicted molar refractivity (Wildman–Crippen MR) is 61.9 cm³/mol. The van der Waals surface area contributed by atoms with Gasteiger partial charge in [-0.1, -0.05) is 17.8 Å². The molecule has 0 amide bonds. The first kappa shape index (κ1) is 11.4. The molecule has 0 aliphatic carbocycles. The van der Waals surface area contributed by atoms with Crippen molar-refractivity contribution in [2.45, 2.75) is 6.92 Å². The summed E-state index contributed by atoms with van der Waals surface area (Å²) in [6.07, 6.45) is 7.04. The van der Waals surface area contributed by atoms with Crippen molar-refractivity contribution < 1.29 is 4.79 Å². The zero-order chi connectivity index (χ0) is 10.4. The van der Waals surface area contributed by atoms with Gasteiger partial charge in [0.1, 0.15) is 4.60 Å². The van der Waals surface area contributed by atoms with Crippen molar-refractivity contribution in [1.82, 2.24) is 9.97 Å². The zero-order valence-electron chi connectivity index (χ0n) is 7.61. The number of hydrogen-bond acceptors (Lipinski definition) is 4. The van der Waals surface area contributed by atoms with Crippen molar-refractivity contribution >= 4 is 38.9 Å². The maximum absolute atomic E-state index is 10.6. The highest BCUT2D eigenvalue weighted by molar-refractivity contribution is 9.10. The van der Waals surface area contributed by atoms with Crippen LogP contribution < -0.4 is 0 Å². The molecule has 0 aliphatic rings. The van der Waals surface area contributed by atoms with Gasteiger partial charge in [-0.2, -0.15) is 0 Å². The molecule has 3 nitrogen and oxygen atoms in total. The molecule has 1 heterocycles. The third kappa shape index (κ3) is 4.53. The molecule has 0 atom stereocenters. The van der Waals surface area contributed by atoms with E-state index in [4.69, 9.17) is 0 Å². The molecule has 0 N–H and O–H groups in total. The van der Waals surface area contributed by atoms with E-state index in [9.17, 15) is 4.79 Å². The lowest BCUT2D eigenvalue weighted by atomic mass is 10.4. The second-order valence-corrected chi connectivity index (χ2v) is 4.48. The Morgan fingerprint density at radius 2 is 2.36 bits per heavy atom. The van der Waals surface area contributed by atoms with Crippen LogP contribution in [0.15, 0.2) is 23.1 Å². The normalized spacial score (nSPS) is 10.7. The van der Waals surface area contributed by atoms with Crippen LogP contribution in [0.5, 0.6) is 0 Å². The average molecular weight is 273 g/mol. The van der Waals surface area contributed by atoms with Gasteiger partial charge in [-0.05, 0) is 22.0 Å². The fourth-order valence-electron chi connectivity index (χ4n) is 0.743. The van der Waals surface area contributed by atoms with Crippen LogP contribution in [0.1, 0.15) is 12.6 Å². The van der Waals surface area contributed by atoms with Gasteiger partial charge in [0.05, 0.1) is 18.1 Å². The molecule has 1 rings (SSSR count). The van der Waals surface area contributed by atoms with E-state index in [1.807, 2.05) is 12.2 Å². The van der Waals surface area contributed by atoms with Gasteiger partial charge in [0.25, 0.3) is 0 Å². The standard InChI is InChI=1S/C9H9BrN2OS/c1-7(13)14-4-2-3-8-5-12-9(10)6-11-8/h2-3,5-6H,4H2,1H3. The molecule has 1 aromatic rings. The molecule has 14 heavy (non-hydrogen) atoms. The van der Waals surface area contributed by atoms with Crippen LogP contribution in [0, 0.1) is 0 Å². The number of nitrogens with zero attached hydrogens (tertiary/aromatic N) is 2. The molecule has 0 aliphatic heterocycles. The molecule has 0 saturated heterocycles. The van der Waals surface area contributed by atoms with E-state index in [-0.39, 0.29) is 5.12 Å². The first-order valence-corrected chi connectivity index (χ1v) is 5.74. The molecule has 74 valence electrons. The number of carbonyl (C=O) groups is 1. The number of carbonyl (C=O) groups excluding carboxylic acids is 1. The van der Waals surface area contributed by atoms with Crippen molar-refractivity contribution in [3.8, 4) is 0 Å². The van der Waals surface area contributed by atoms with E-state index in [0.29, 0.717) is 10.4 Å². The third-order valence-corrected chi connectivity index (χ3v) is 2.49. The maximum Gasteiger partial charge on any atom is 0.186 e. The molecule has 0 spiro atoms. The molecule has 0 fully saturated rings. The second-order valence-electron chi connectivity index (χ2n) is 2.47. The number of rotatable bonds is 3. The molecule has 0 saturated carbocycles. The second kappa shape index (κ2) is 5.93. The third-order valence-electron chi connectivity index (χ3n) is 1.31. The Kier molecular flexibility index (Phi) is 4.82. The van der Waals surface area contributed by atoms with Crippen molar-refractivity contribution in [3.05, 3.63) is 28.8 Å². The van der Waals surface area contributed by atoms with Gasteiger partial charge in [-0.3, -0.25) is 9.78 Å². The Bertz CT molecular complexity index is 337. The molecule has 0 aromatic carbocycles. The molecular formula is C9H9BrN2OS. The van der Waals surface area contributed by atoms with Crippen LogP contribution >= 0.6 is 27.7 Å². The highest BCUT2D eigenvalue weighted by atomic mass is 79.9. The van der Waals surface area contributed by atoms with E-state index in [0.717, 1.165) is 5.69 Å². The fourth-order valence-corrected chi connectivity index (χ4v) is 1.37. The van der Waals surface area contributed by atoms with Gasteiger partial charge in [0.2, 0.25) is 0 Å². The Morgan fingerprint density at radius 3 is 2.93 bits per heavy atom.